The van der Waals surface area contributed by atoms with Gasteiger partial charge in [0.25, 0.3) is 0 Å². The molecule has 2 amide bonds. The third-order valence-electron chi connectivity index (χ3n) is 2.92. The van der Waals surface area contributed by atoms with Crippen LogP contribution in [0.15, 0.2) is 83.1 Å². The summed E-state index contributed by atoms with van der Waals surface area (Å²) in [6, 6.07) is 16.6. The van der Waals surface area contributed by atoms with Gasteiger partial charge in [0, 0.05) is 23.0 Å². The van der Waals surface area contributed by atoms with Crippen molar-refractivity contribution in [2.45, 2.75) is 9.92 Å². The summed E-state index contributed by atoms with van der Waals surface area (Å²) in [5, 5.41) is 6.42. The Morgan fingerprint density at radius 1 is 0.913 bits per heavy atom. The fraction of sp³-hybridized carbons (Fsp3) is 0. The zero-order valence-electron chi connectivity index (χ0n) is 12.1. The Morgan fingerprint density at radius 3 is 2.48 bits per heavy atom. The van der Waals surface area contributed by atoms with Crippen molar-refractivity contribution in [3.8, 4) is 0 Å². The van der Waals surface area contributed by atoms with E-state index in [1.807, 2.05) is 54.6 Å². The Labute approximate surface area is 138 Å². The molecule has 0 unspecified atom stereocenters. The normalized spacial score (nSPS) is 10.1. The molecule has 1 aromatic heterocycles. The van der Waals surface area contributed by atoms with E-state index in [9.17, 15) is 4.79 Å². The highest BCUT2D eigenvalue weighted by Crippen LogP contribution is 2.31. The molecule has 0 radical (unpaired) electrons. The standard InChI is InChI=1S/C17H14N4OS/c22-17(20-13-6-2-1-3-7-13)21-14-8-4-5-9-15(14)23-16-12-18-10-11-19-16/h1-12H,(H2,20,21,22). The highest BCUT2D eigenvalue weighted by atomic mass is 32.2. The summed E-state index contributed by atoms with van der Waals surface area (Å²) in [7, 11) is 0. The minimum Gasteiger partial charge on any atom is -0.308 e. The van der Waals surface area contributed by atoms with Gasteiger partial charge in [-0.15, -0.1) is 0 Å². The number of urea groups is 1. The number of aromatic nitrogens is 2. The monoisotopic (exact) mass is 322 g/mol. The van der Waals surface area contributed by atoms with Crippen molar-refractivity contribution in [2.75, 3.05) is 10.6 Å². The molecule has 5 nitrogen and oxygen atoms in total. The van der Waals surface area contributed by atoms with E-state index in [-0.39, 0.29) is 6.03 Å². The zero-order chi connectivity index (χ0) is 15.9. The molecule has 0 aliphatic rings. The van der Waals surface area contributed by atoms with Crippen LogP contribution in [0.4, 0.5) is 16.2 Å². The van der Waals surface area contributed by atoms with Gasteiger partial charge in [0.2, 0.25) is 0 Å². The molecule has 0 atom stereocenters. The van der Waals surface area contributed by atoms with Crippen LogP contribution < -0.4 is 10.6 Å². The van der Waals surface area contributed by atoms with Crippen molar-refractivity contribution in [3.05, 3.63) is 73.2 Å². The summed E-state index contributed by atoms with van der Waals surface area (Å²) >= 11 is 1.45. The molecule has 0 bridgehead atoms. The molecule has 0 aliphatic carbocycles. The van der Waals surface area contributed by atoms with Crippen LogP contribution in [-0.4, -0.2) is 16.0 Å². The first kappa shape index (κ1) is 15.1. The third-order valence-corrected chi connectivity index (χ3v) is 3.92. The summed E-state index contributed by atoms with van der Waals surface area (Å²) in [6.45, 7) is 0. The van der Waals surface area contributed by atoms with Gasteiger partial charge in [0.15, 0.2) is 0 Å². The van der Waals surface area contributed by atoms with E-state index in [0.717, 1.165) is 21.3 Å². The highest BCUT2D eigenvalue weighted by molar-refractivity contribution is 7.99. The van der Waals surface area contributed by atoms with E-state index in [1.165, 1.54) is 11.8 Å². The number of rotatable bonds is 4. The molecule has 0 saturated heterocycles. The van der Waals surface area contributed by atoms with Crippen LogP contribution in [0, 0.1) is 0 Å². The van der Waals surface area contributed by atoms with Crippen LogP contribution in [-0.2, 0) is 0 Å². The molecular formula is C17H14N4OS. The second-order valence-electron chi connectivity index (χ2n) is 4.59. The topological polar surface area (TPSA) is 66.9 Å². The second kappa shape index (κ2) is 7.42. The van der Waals surface area contributed by atoms with Crippen LogP contribution in [0.2, 0.25) is 0 Å². The zero-order valence-corrected chi connectivity index (χ0v) is 13.0. The van der Waals surface area contributed by atoms with E-state index in [1.54, 1.807) is 18.6 Å². The lowest BCUT2D eigenvalue weighted by Crippen LogP contribution is -2.19. The van der Waals surface area contributed by atoms with Gasteiger partial charge in [-0.1, -0.05) is 42.1 Å². The lowest BCUT2D eigenvalue weighted by atomic mass is 10.3. The Bertz CT molecular complexity index is 781. The van der Waals surface area contributed by atoms with Gasteiger partial charge < -0.3 is 10.6 Å². The van der Waals surface area contributed by atoms with Crippen molar-refractivity contribution >= 4 is 29.2 Å². The van der Waals surface area contributed by atoms with Crippen molar-refractivity contribution in [1.29, 1.82) is 0 Å². The van der Waals surface area contributed by atoms with E-state index in [2.05, 4.69) is 20.6 Å². The fourth-order valence-electron chi connectivity index (χ4n) is 1.92. The van der Waals surface area contributed by atoms with Crippen LogP contribution >= 0.6 is 11.8 Å². The third kappa shape index (κ3) is 4.31. The van der Waals surface area contributed by atoms with Gasteiger partial charge in [-0.2, -0.15) is 0 Å². The summed E-state index contributed by atoms with van der Waals surface area (Å²) < 4.78 is 0. The summed E-state index contributed by atoms with van der Waals surface area (Å²) in [4.78, 5) is 21.3. The van der Waals surface area contributed by atoms with Crippen LogP contribution in [0.1, 0.15) is 0 Å². The predicted octanol–water partition coefficient (Wildman–Crippen LogP) is 4.27. The van der Waals surface area contributed by atoms with Crippen molar-refractivity contribution in [1.82, 2.24) is 9.97 Å². The number of anilines is 2. The Kier molecular flexibility index (Phi) is 4.85. The van der Waals surface area contributed by atoms with Gasteiger partial charge in [0.1, 0.15) is 5.03 Å². The number of hydrogen-bond acceptors (Lipinski definition) is 4. The van der Waals surface area contributed by atoms with Crippen molar-refractivity contribution in [3.63, 3.8) is 0 Å². The molecule has 0 fully saturated rings. The van der Waals surface area contributed by atoms with Crippen LogP contribution in [0.5, 0.6) is 0 Å². The quantitative estimate of drug-likeness (QED) is 0.752. The number of nitrogens with zero attached hydrogens (tertiary/aromatic N) is 2. The molecule has 0 saturated carbocycles. The summed E-state index contributed by atoms with van der Waals surface area (Å²) in [6.07, 6.45) is 4.95. The van der Waals surface area contributed by atoms with Gasteiger partial charge in [-0.05, 0) is 24.3 Å². The molecule has 2 aromatic carbocycles. The SMILES string of the molecule is O=C(Nc1ccccc1)Nc1ccccc1Sc1cnccn1. The minimum absolute atomic E-state index is 0.289. The average Bonchev–Trinajstić information content (AvgIpc) is 2.58. The number of amides is 2. The largest absolute Gasteiger partial charge is 0.323 e. The predicted molar refractivity (Wildman–Crippen MR) is 91.7 cm³/mol. The molecule has 0 spiro atoms. The van der Waals surface area contributed by atoms with E-state index in [0.29, 0.717) is 0 Å². The lowest BCUT2D eigenvalue weighted by Gasteiger charge is -2.11. The Balaban J connectivity index is 1.71. The van der Waals surface area contributed by atoms with Gasteiger partial charge >= 0.3 is 6.03 Å². The first-order valence-corrected chi connectivity index (χ1v) is 7.79. The summed E-state index contributed by atoms with van der Waals surface area (Å²) in [5.74, 6) is 0. The maximum atomic E-state index is 12.1. The van der Waals surface area contributed by atoms with E-state index >= 15 is 0 Å². The average molecular weight is 322 g/mol. The van der Waals surface area contributed by atoms with E-state index < -0.39 is 0 Å². The number of hydrogen-bond donors (Lipinski definition) is 2. The lowest BCUT2D eigenvalue weighted by molar-refractivity contribution is 0.262. The highest BCUT2D eigenvalue weighted by Gasteiger charge is 2.08. The maximum Gasteiger partial charge on any atom is 0.323 e. The molecule has 6 heteroatoms. The van der Waals surface area contributed by atoms with Crippen LogP contribution in [0.25, 0.3) is 0 Å². The van der Waals surface area contributed by atoms with Crippen LogP contribution in [0.3, 0.4) is 0 Å². The molecule has 3 rings (SSSR count). The fourth-order valence-corrected chi connectivity index (χ4v) is 2.74. The van der Waals surface area contributed by atoms with Crippen molar-refractivity contribution in [2.24, 2.45) is 0 Å². The number of nitrogens with one attached hydrogen (secondary N) is 2. The number of benzene rings is 2. The second-order valence-corrected chi connectivity index (χ2v) is 5.65. The molecule has 0 aliphatic heterocycles. The molecular weight excluding hydrogens is 308 g/mol. The molecule has 114 valence electrons. The van der Waals surface area contributed by atoms with Crippen molar-refractivity contribution < 1.29 is 4.79 Å². The van der Waals surface area contributed by atoms with Gasteiger partial charge in [-0.25, -0.2) is 9.78 Å². The van der Waals surface area contributed by atoms with Gasteiger partial charge in [0.05, 0.1) is 11.9 Å². The first-order chi connectivity index (χ1) is 11.3. The Hall–Kier alpha value is -2.86. The molecule has 1 heterocycles. The first-order valence-electron chi connectivity index (χ1n) is 6.97. The van der Waals surface area contributed by atoms with Gasteiger partial charge in [-0.3, -0.25) is 4.98 Å². The number of carbonyl (C=O) groups is 1. The summed E-state index contributed by atoms with van der Waals surface area (Å²) in [5.41, 5.74) is 1.46. The Morgan fingerprint density at radius 2 is 1.70 bits per heavy atom. The number of carbonyl (C=O) groups excluding carboxylic acids is 1. The molecule has 23 heavy (non-hydrogen) atoms. The smallest absolute Gasteiger partial charge is 0.308 e. The maximum absolute atomic E-state index is 12.1. The number of para-hydroxylation sites is 2. The minimum atomic E-state index is -0.289. The van der Waals surface area contributed by atoms with E-state index in [4.69, 9.17) is 0 Å². The molecule has 2 N–H and O–H groups in total. The molecule has 3 aromatic rings.